The third-order valence-corrected chi connectivity index (χ3v) is 10.1. The van der Waals surface area contributed by atoms with Gasteiger partial charge in [-0.05, 0) is 42.3 Å². The molecule has 1 aromatic rings. The second-order valence-electron chi connectivity index (χ2n) is 7.17. The van der Waals surface area contributed by atoms with Gasteiger partial charge in [0.2, 0.25) is 0 Å². The van der Waals surface area contributed by atoms with Crippen molar-refractivity contribution in [2.75, 3.05) is 13.2 Å². The van der Waals surface area contributed by atoms with Crippen LogP contribution in [0.1, 0.15) is 32.9 Å². The lowest BCUT2D eigenvalue weighted by Gasteiger charge is -2.38. The molecular formula is C15H26N2OS2Si. The normalized spacial score (nSPS) is 20.4. The Labute approximate surface area is 138 Å². The zero-order chi connectivity index (χ0) is 15.7. The predicted molar refractivity (Wildman–Crippen MR) is 97.0 cm³/mol. The van der Waals surface area contributed by atoms with Crippen LogP contribution in [-0.4, -0.2) is 32.5 Å². The van der Waals surface area contributed by atoms with Gasteiger partial charge in [0.05, 0.1) is 5.69 Å². The Morgan fingerprint density at radius 2 is 2.14 bits per heavy atom. The van der Waals surface area contributed by atoms with E-state index in [2.05, 4.69) is 55.6 Å². The van der Waals surface area contributed by atoms with Crippen molar-refractivity contribution < 1.29 is 4.43 Å². The lowest BCUT2D eigenvalue weighted by Crippen LogP contribution is -2.46. The van der Waals surface area contributed by atoms with Crippen molar-refractivity contribution in [1.82, 2.24) is 10.3 Å². The van der Waals surface area contributed by atoms with Crippen LogP contribution >= 0.6 is 23.6 Å². The number of hydrogen-bond acceptors (Lipinski definition) is 4. The first-order valence-electron chi connectivity index (χ1n) is 7.43. The fraction of sp³-hybridized carbons (Fsp3) is 0.667. The van der Waals surface area contributed by atoms with Crippen LogP contribution in [0.3, 0.4) is 0 Å². The third-order valence-electron chi connectivity index (χ3n) is 4.54. The fourth-order valence-electron chi connectivity index (χ4n) is 2.07. The van der Waals surface area contributed by atoms with E-state index in [-0.39, 0.29) is 5.04 Å². The molecule has 0 aliphatic carbocycles. The van der Waals surface area contributed by atoms with E-state index in [0.717, 1.165) is 23.5 Å². The van der Waals surface area contributed by atoms with Crippen LogP contribution in [-0.2, 0) is 4.43 Å². The highest BCUT2D eigenvalue weighted by atomic mass is 32.1. The summed E-state index contributed by atoms with van der Waals surface area (Å²) in [5.74, 6) is 0. The zero-order valence-corrected chi connectivity index (χ0v) is 16.2. The van der Waals surface area contributed by atoms with Crippen LogP contribution in [0.2, 0.25) is 18.1 Å². The molecule has 0 saturated carbocycles. The van der Waals surface area contributed by atoms with Crippen LogP contribution < -0.4 is 5.32 Å². The SMILES string of the molecule is CC(C)(C)[Si](C)(C)OC[C@H]1CC(c2csc(=S)[nH]2)=CCN1. The van der Waals surface area contributed by atoms with Gasteiger partial charge in [0.1, 0.15) is 0 Å². The Kier molecular flexibility index (Phi) is 5.26. The molecule has 0 amide bonds. The van der Waals surface area contributed by atoms with Crippen molar-refractivity contribution in [3.63, 3.8) is 0 Å². The maximum Gasteiger partial charge on any atom is 0.192 e. The molecule has 2 heterocycles. The molecule has 1 aromatic heterocycles. The molecule has 1 aliphatic heterocycles. The van der Waals surface area contributed by atoms with Gasteiger partial charge in [-0.25, -0.2) is 0 Å². The van der Waals surface area contributed by atoms with E-state index in [1.54, 1.807) is 11.3 Å². The number of hydrogen-bond donors (Lipinski definition) is 2. The van der Waals surface area contributed by atoms with Crippen LogP contribution in [0, 0.1) is 3.95 Å². The minimum absolute atomic E-state index is 0.263. The summed E-state index contributed by atoms with van der Waals surface area (Å²) in [5.41, 5.74) is 2.52. The number of rotatable bonds is 4. The molecule has 3 nitrogen and oxygen atoms in total. The Bertz CT molecular complexity index is 569. The largest absolute Gasteiger partial charge is 0.415 e. The van der Waals surface area contributed by atoms with Crippen LogP contribution in [0.25, 0.3) is 5.57 Å². The van der Waals surface area contributed by atoms with Crippen molar-refractivity contribution in [1.29, 1.82) is 0 Å². The average Bonchev–Trinajstić information content (AvgIpc) is 2.82. The van der Waals surface area contributed by atoms with E-state index in [9.17, 15) is 0 Å². The van der Waals surface area contributed by atoms with Gasteiger partial charge in [-0.2, -0.15) is 0 Å². The minimum Gasteiger partial charge on any atom is -0.415 e. The van der Waals surface area contributed by atoms with E-state index in [1.807, 2.05) is 0 Å². The fourth-order valence-corrected chi connectivity index (χ4v) is 3.98. The first-order valence-corrected chi connectivity index (χ1v) is 11.6. The smallest absolute Gasteiger partial charge is 0.192 e. The topological polar surface area (TPSA) is 37.0 Å². The summed E-state index contributed by atoms with van der Waals surface area (Å²) in [6, 6.07) is 0.390. The molecule has 0 unspecified atom stereocenters. The third kappa shape index (κ3) is 4.36. The quantitative estimate of drug-likeness (QED) is 0.621. The lowest BCUT2D eigenvalue weighted by atomic mass is 10.0. The highest BCUT2D eigenvalue weighted by Crippen LogP contribution is 2.36. The van der Waals surface area contributed by atoms with Crippen molar-refractivity contribution in [2.24, 2.45) is 0 Å². The molecule has 1 aliphatic rings. The summed E-state index contributed by atoms with van der Waals surface area (Å²) in [4.78, 5) is 3.27. The van der Waals surface area contributed by atoms with E-state index >= 15 is 0 Å². The summed E-state index contributed by atoms with van der Waals surface area (Å²) in [5, 5.41) is 5.91. The van der Waals surface area contributed by atoms with Gasteiger partial charge < -0.3 is 14.7 Å². The van der Waals surface area contributed by atoms with Gasteiger partial charge in [-0.3, -0.25) is 0 Å². The lowest BCUT2D eigenvalue weighted by molar-refractivity contribution is 0.245. The molecule has 1 atom stereocenters. The summed E-state index contributed by atoms with van der Waals surface area (Å²) in [6.45, 7) is 13.2. The first-order chi connectivity index (χ1) is 9.69. The maximum absolute atomic E-state index is 6.34. The molecule has 2 rings (SSSR count). The van der Waals surface area contributed by atoms with Gasteiger partial charge in [-0.1, -0.05) is 26.8 Å². The molecule has 0 fully saturated rings. The van der Waals surface area contributed by atoms with E-state index in [1.165, 1.54) is 11.3 Å². The van der Waals surface area contributed by atoms with Crippen molar-refractivity contribution >= 4 is 37.4 Å². The van der Waals surface area contributed by atoms with E-state index in [4.69, 9.17) is 16.6 Å². The van der Waals surface area contributed by atoms with E-state index < -0.39 is 8.32 Å². The molecule has 21 heavy (non-hydrogen) atoms. The summed E-state index contributed by atoms with van der Waals surface area (Å²) in [6.07, 6.45) is 3.24. The highest BCUT2D eigenvalue weighted by molar-refractivity contribution is 7.73. The van der Waals surface area contributed by atoms with Gasteiger partial charge in [0, 0.05) is 24.6 Å². The maximum atomic E-state index is 6.34. The van der Waals surface area contributed by atoms with Crippen molar-refractivity contribution in [3.8, 4) is 0 Å². The standard InChI is InChI=1S/C15H26N2OS2Si/c1-15(2,3)21(4,5)18-9-12-8-11(6-7-16-12)13-10-20-14(19)17-13/h6,10,12,16H,7-9H2,1-5H3,(H,17,19)/t12-/m1/s1. The molecule has 6 heteroatoms. The van der Waals surface area contributed by atoms with Crippen molar-refractivity contribution in [3.05, 3.63) is 21.1 Å². The highest BCUT2D eigenvalue weighted by Gasteiger charge is 2.37. The molecular weight excluding hydrogens is 316 g/mol. The van der Waals surface area contributed by atoms with Gasteiger partial charge in [0.25, 0.3) is 0 Å². The Morgan fingerprint density at radius 1 is 1.43 bits per heavy atom. The molecule has 0 saturated heterocycles. The summed E-state index contributed by atoms with van der Waals surface area (Å²) >= 11 is 6.77. The molecule has 0 bridgehead atoms. The number of thiazole rings is 1. The van der Waals surface area contributed by atoms with Crippen LogP contribution in [0.4, 0.5) is 0 Å². The van der Waals surface area contributed by atoms with Gasteiger partial charge in [0.15, 0.2) is 12.3 Å². The number of nitrogens with one attached hydrogen (secondary N) is 2. The van der Waals surface area contributed by atoms with Gasteiger partial charge in [-0.15, -0.1) is 11.3 Å². The monoisotopic (exact) mass is 342 g/mol. The molecule has 0 spiro atoms. The number of aromatic amines is 1. The Hall–Kier alpha value is -0.273. The second kappa shape index (κ2) is 6.46. The van der Waals surface area contributed by atoms with E-state index in [0.29, 0.717) is 6.04 Å². The summed E-state index contributed by atoms with van der Waals surface area (Å²) < 4.78 is 7.19. The van der Waals surface area contributed by atoms with Crippen LogP contribution in [0.5, 0.6) is 0 Å². The second-order valence-corrected chi connectivity index (χ2v) is 13.5. The minimum atomic E-state index is -1.67. The molecule has 2 N–H and O–H groups in total. The first kappa shape index (κ1) is 17.1. The number of H-pyrrole nitrogens is 1. The Morgan fingerprint density at radius 3 is 2.71 bits per heavy atom. The molecule has 0 radical (unpaired) electrons. The summed E-state index contributed by atoms with van der Waals surface area (Å²) in [7, 11) is -1.67. The zero-order valence-electron chi connectivity index (χ0n) is 13.6. The van der Waals surface area contributed by atoms with Gasteiger partial charge >= 0.3 is 0 Å². The number of aromatic nitrogens is 1. The van der Waals surface area contributed by atoms with Crippen molar-refractivity contribution in [2.45, 2.75) is 51.4 Å². The molecule has 118 valence electrons. The van der Waals surface area contributed by atoms with Crippen LogP contribution in [0.15, 0.2) is 11.5 Å². The molecule has 0 aromatic carbocycles. The Balaban J connectivity index is 1.95. The average molecular weight is 343 g/mol. The predicted octanol–water partition coefficient (Wildman–Crippen LogP) is 4.57.